The average molecular weight is 143 g/mol. The van der Waals surface area contributed by atoms with Crippen LogP contribution in [0.15, 0.2) is 29.6 Å². The molecule has 0 unspecified atom stereocenters. The lowest BCUT2D eigenvalue weighted by Crippen LogP contribution is -1.73. The molecule has 0 bridgehead atoms. The third-order valence-electron chi connectivity index (χ3n) is 1.05. The van der Waals surface area contributed by atoms with E-state index in [1.165, 1.54) is 6.26 Å². The van der Waals surface area contributed by atoms with Crippen LogP contribution >= 0.6 is 11.6 Å². The fourth-order valence-corrected chi connectivity index (χ4v) is 0.782. The van der Waals surface area contributed by atoms with E-state index in [2.05, 4.69) is 6.58 Å². The number of hydrogen-bond acceptors (Lipinski definition) is 1. The van der Waals surface area contributed by atoms with Crippen LogP contribution in [0, 0.1) is 0 Å². The molecule has 0 atom stereocenters. The first-order chi connectivity index (χ1) is 4.34. The Balaban J connectivity index is 2.80. The maximum absolute atomic E-state index is 5.68. The summed E-state index contributed by atoms with van der Waals surface area (Å²) in [5.41, 5.74) is 0.992. The minimum absolute atomic E-state index is 0.676. The molecule has 0 aromatic carbocycles. The normalized spacial score (nSPS) is 9.44. The van der Waals surface area contributed by atoms with E-state index >= 15 is 0 Å². The summed E-state index contributed by atoms with van der Waals surface area (Å²) >= 11 is 5.68. The molecule has 9 heavy (non-hydrogen) atoms. The molecule has 1 heterocycles. The predicted octanol–water partition coefficient (Wildman–Crippen LogP) is 2.66. The molecule has 0 radical (unpaired) electrons. The van der Waals surface area contributed by atoms with Gasteiger partial charge in [0.25, 0.3) is 0 Å². The van der Waals surface area contributed by atoms with Crippen LogP contribution in [0.1, 0.15) is 5.56 Å². The molecule has 1 aromatic heterocycles. The second kappa shape index (κ2) is 2.74. The Labute approximate surface area is 58.9 Å². The summed E-state index contributed by atoms with van der Waals surface area (Å²) < 4.78 is 4.82. The van der Waals surface area contributed by atoms with Crippen LogP contribution in [0.3, 0.4) is 0 Å². The quantitative estimate of drug-likeness (QED) is 0.579. The molecule has 0 N–H and O–H groups in total. The Hall–Kier alpha value is -0.690. The first-order valence-corrected chi connectivity index (χ1v) is 3.04. The monoisotopic (exact) mass is 142 g/mol. The highest BCUT2D eigenvalue weighted by molar-refractivity contribution is 6.31. The third kappa shape index (κ3) is 1.36. The van der Waals surface area contributed by atoms with E-state index in [-0.39, 0.29) is 0 Å². The lowest BCUT2D eigenvalue weighted by Gasteiger charge is -1.85. The van der Waals surface area contributed by atoms with E-state index in [9.17, 15) is 0 Å². The number of hydrogen-bond donors (Lipinski definition) is 0. The molecule has 0 saturated heterocycles. The van der Waals surface area contributed by atoms with Crippen molar-refractivity contribution in [3.8, 4) is 0 Å². The van der Waals surface area contributed by atoms with Crippen LogP contribution in [-0.2, 0) is 6.42 Å². The van der Waals surface area contributed by atoms with Gasteiger partial charge in [0.2, 0.25) is 0 Å². The highest BCUT2D eigenvalue weighted by Gasteiger charge is 1.97. The number of furan rings is 1. The average Bonchev–Trinajstić information content (AvgIpc) is 2.18. The fourth-order valence-electron chi connectivity index (χ4n) is 0.609. The molecule has 0 saturated carbocycles. The zero-order chi connectivity index (χ0) is 6.69. The summed E-state index contributed by atoms with van der Waals surface area (Å²) in [5, 5.41) is 0.676. The van der Waals surface area contributed by atoms with Crippen LogP contribution in [0.5, 0.6) is 0 Å². The molecule has 48 valence electrons. The van der Waals surface area contributed by atoms with E-state index in [0.29, 0.717) is 5.02 Å². The Morgan fingerprint density at radius 3 is 2.89 bits per heavy atom. The summed E-state index contributed by atoms with van der Waals surface area (Å²) in [4.78, 5) is 0. The van der Waals surface area contributed by atoms with Gasteiger partial charge in [0.15, 0.2) is 0 Å². The van der Waals surface area contributed by atoms with Gasteiger partial charge in [0.1, 0.15) is 6.26 Å². The van der Waals surface area contributed by atoms with Crippen LogP contribution < -0.4 is 0 Å². The van der Waals surface area contributed by atoms with Crippen molar-refractivity contribution in [2.45, 2.75) is 6.42 Å². The van der Waals surface area contributed by atoms with Gasteiger partial charge < -0.3 is 4.42 Å². The molecule has 2 heteroatoms. The molecule has 1 aromatic rings. The second-order valence-electron chi connectivity index (χ2n) is 1.74. The minimum Gasteiger partial charge on any atom is -0.471 e. The SMILES string of the molecule is C=CCc1cocc1Cl. The summed E-state index contributed by atoms with van der Waals surface area (Å²) in [6, 6.07) is 0. The van der Waals surface area contributed by atoms with Gasteiger partial charge in [0.05, 0.1) is 11.3 Å². The highest BCUT2D eigenvalue weighted by Crippen LogP contribution is 2.16. The van der Waals surface area contributed by atoms with E-state index in [1.54, 1.807) is 12.3 Å². The van der Waals surface area contributed by atoms with Crippen LogP contribution in [0.2, 0.25) is 5.02 Å². The zero-order valence-corrected chi connectivity index (χ0v) is 5.69. The maximum atomic E-state index is 5.68. The van der Waals surface area contributed by atoms with Gasteiger partial charge in [-0.3, -0.25) is 0 Å². The van der Waals surface area contributed by atoms with Crippen molar-refractivity contribution in [2.75, 3.05) is 0 Å². The molecule has 0 aliphatic heterocycles. The largest absolute Gasteiger partial charge is 0.471 e. The predicted molar refractivity (Wildman–Crippen MR) is 37.6 cm³/mol. The smallest absolute Gasteiger partial charge is 0.109 e. The van der Waals surface area contributed by atoms with Gasteiger partial charge in [-0.1, -0.05) is 17.7 Å². The van der Waals surface area contributed by atoms with Gasteiger partial charge in [-0.2, -0.15) is 0 Å². The molecule has 0 fully saturated rings. The molecule has 1 nitrogen and oxygen atoms in total. The fraction of sp³-hybridized carbons (Fsp3) is 0.143. The minimum atomic E-state index is 0.676. The van der Waals surface area contributed by atoms with Gasteiger partial charge >= 0.3 is 0 Å². The van der Waals surface area contributed by atoms with E-state index in [1.807, 2.05) is 0 Å². The van der Waals surface area contributed by atoms with Crippen molar-refractivity contribution in [1.29, 1.82) is 0 Å². The van der Waals surface area contributed by atoms with Crippen molar-refractivity contribution in [1.82, 2.24) is 0 Å². The molecular formula is C7H7ClO. The highest BCUT2D eigenvalue weighted by atomic mass is 35.5. The van der Waals surface area contributed by atoms with Crippen LogP contribution in [0.25, 0.3) is 0 Å². The lowest BCUT2D eigenvalue weighted by molar-refractivity contribution is 0.565. The molecule has 0 aliphatic carbocycles. The van der Waals surface area contributed by atoms with Gasteiger partial charge in [-0.05, 0) is 6.42 Å². The second-order valence-corrected chi connectivity index (χ2v) is 2.14. The van der Waals surface area contributed by atoms with Crippen molar-refractivity contribution in [2.24, 2.45) is 0 Å². The maximum Gasteiger partial charge on any atom is 0.109 e. The summed E-state index contributed by atoms with van der Waals surface area (Å²) in [6.45, 7) is 3.58. The number of halogens is 1. The number of rotatable bonds is 2. The van der Waals surface area contributed by atoms with Gasteiger partial charge in [-0.25, -0.2) is 0 Å². The van der Waals surface area contributed by atoms with E-state index in [0.717, 1.165) is 12.0 Å². The molecule has 0 spiro atoms. The van der Waals surface area contributed by atoms with Crippen molar-refractivity contribution >= 4 is 11.6 Å². The van der Waals surface area contributed by atoms with E-state index in [4.69, 9.17) is 16.0 Å². The van der Waals surface area contributed by atoms with Gasteiger partial charge in [-0.15, -0.1) is 6.58 Å². The molecule has 0 aliphatic rings. The van der Waals surface area contributed by atoms with Crippen LogP contribution in [0.4, 0.5) is 0 Å². The third-order valence-corrected chi connectivity index (χ3v) is 1.38. The zero-order valence-electron chi connectivity index (χ0n) is 4.93. The first kappa shape index (κ1) is 6.43. The Bertz CT molecular complexity index is 202. The first-order valence-electron chi connectivity index (χ1n) is 2.66. The van der Waals surface area contributed by atoms with E-state index < -0.39 is 0 Å². The van der Waals surface area contributed by atoms with Gasteiger partial charge in [0, 0.05) is 5.56 Å². The Kier molecular flexibility index (Phi) is 1.96. The number of allylic oxidation sites excluding steroid dienone is 1. The Morgan fingerprint density at radius 1 is 1.67 bits per heavy atom. The van der Waals surface area contributed by atoms with Crippen molar-refractivity contribution < 1.29 is 4.42 Å². The topological polar surface area (TPSA) is 13.1 Å². The van der Waals surface area contributed by atoms with Crippen LogP contribution in [-0.4, -0.2) is 0 Å². The standard InChI is InChI=1S/C7H7ClO/c1-2-3-6-4-9-5-7(6)8/h2,4-5H,1,3H2. The van der Waals surface area contributed by atoms with Crippen molar-refractivity contribution in [3.05, 3.63) is 35.8 Å². The molecule has 1 rings (SSSR count). The Morgan fingerprint density at radius 2 is 2.44 bits per heavy atom. The lowest BCUT2D eigenvalue weighted by atomic mass is 10.2. The summed E-state index contributed by atoms with van der Waals surface area (Å²) in [7, 11) is 0. The molecular weight excluding hydrogens is 136 g/mol. The summed E-state index contributed by atoms with van der Waals surface area (Å²) in [5.74, 6) is 0. The van der Waals surface area contributed by atoms with Crippen molar-refractivity contribution in [3.63, 3.8) is 0 Å². The molecule has 0 amide bonds. The summed E-state index contributed by atoms with van der Waals surface area (Å²) in [6.07, 6.45) is 5.70.